The lowest BCUT2D eigenvalue weighted by molar-refractivity contribution is 0.100. The third kappa shape index (κ3) is 2.49. The van der Waals surface area contributed by atoms with Crippen LogP contribution >= 0.6 is 22.9 Å². The molecule has 1 aliphatic heterocycles. The van der Waals surface area contributed by atoms with Crippen LogP contribution in [0.2, 0.25) is 0 Å². The van der Waals surface area contributed by atoms with Crippen molar-refractivity contribution in [2.75, 3.05) is 13.2 Å². The van der Waals surface area contributed by atoms with Crippen LogP contribution < -0.4 is 14.3 Å². The van der Waals surface area contributed by atoms with Crippen molar-refractivity contribution in [1.82, 2.24) is 14.2 Å². The van der Waals surface area contributed by atoms with Crippen LogP contribution in [0.4, 0.5) is 0 Å². The van der Waals surface area contributed by atoms with Gasteiger partial charge in [-0.2, -0.15) is 4.99 Å². The molecule has 3 heterocycles. The number of benzene rings is 1. The van der Waals surface area contributed by atoms with E-state index in [1.165, 1.54) is 11.3 Å². The summed E-state index contributed by atoms with van der Waals surface area (Å²) in [5.41, 5.74) is 1.59. The molecule has 0 saturated carbocycles. The standard InChI is InChI=1S/C15H14N4O3S2/c1-3-19-9-6-10-11(22-5-4-21-10)7-12(9)23-15(19)16-14(20)13-8(2)17-18-24-13/h6-7H,3-5H2,1-2H3. The number of fused-ring (bicyclic) bond motifs is 2. The molecule has 0 N–H and O–H groups in total. The lowest BCUT2D eigenvalue weighted by Crippen LogP contribution is -2.17. The Bertz CT molecular complexity index is 1000. The molecule has 24 heavy (non-hydrogen) atoms. The molecule has 0 unspecified atom stereocenters. The van der Waals surface area contributed by atoms with Crippen molar-refractivity contribution >= 4 is 39.0 Å². The fraction of sp³-hybridized carbons (Fsp3) is 0.333. The van der Waals surface area contributed by atoms with Gasteiger partial charge in [0.1, 0.15) is 18.1 Å². The van der Waals surface area contributed by atoms with E-state index in [9.17, 15) is 4.79 Å². The van der Waals surface area contributed by atoms with Crippen molar-refractivity contribution in [3.8, 4) is 11.5 Å². The third-order valence-electron chi connectivity index (χ3n) is 3.71. The van der Waals surface area contributed by atoms with E-state index in [-0.39, 0.29) is 5.91 Å². The smallest absolute Gasteiger partial charge is 0.293 e. The molecule has 4 rings (SSSR count). The third-order valence-corrected chi connectivity index (χ3v) is 5.56. The summed E-state index contributed by atoms with van der Waals surface area (Å²) in [5, 5.41) is 3.87. The summed E-state index contributed by atoms with van der Waals surface area (Å²) in [5.74, 6) is 1.15. The van der Waals surface area contributed by atoms with E-state index in [0.29, 0.717) is 35.1 Å². The first kappa shape index (κ1) is 15.3. The largest absolute Gasteiger partial charge is 0.486 e. The minimum absolute atomic E-state index is 0.312. The number of hydrogen-bond donors (Lipinski definition) is 0. The van der Waals surface area contributed by atoms with Gasteiger partial charge in [0.2, 0.25) is 0 Å². The fourth-order valence-electron chi connectivity index (χ4n) is 2.56. The first-order valence-corrected chi connectivity index (χ1v) is 9.07. The fourth-order valence-corrected chi connectivity index (χ4v) is 4.21. The molecule has 1 aliphatic rings. The van der Waals surface area contributed by atoms with Crippen molar-refractivity contribution in [2.45, 2.75) is 20.4 Å². The molecule has 0 aliphatic carbocycles. The maximum atomic E-state index is 12.4. The van der Waals surface area contributed by atoms with Gasteiger partial charge in [-0.1, -0.05) is 15.8 Å². The van der Waals surface area contributed by atoms with Crippen molar-refractivity contribution in [2.24, 2.45) is 4.99 Å². The monoisotopic (exact) mass is 362 g/mol. The number of rotatable bonds is 2. The van der Waals surface area contributed by atoms with Crippen LogP contribution in [-0.2, 0) is 6.54 Å². The Morgan fingerprint density at radius 1 is 1.33 bits per heavy atom. The zero-order valence-electron chi connectivity index (χ0n) is 13.1. The average molecular weight is 362 g/mol. The second-order valence-corrected chi connectivity index (χ2v) is 6.96. The highest BCUT2D eigenvalue weighted by Crippen LogP contribution is 2.35. The van der Waals surface area contributed by atoms with Crippen molar-refractivity contribution in [3.63, 3.8) is 0 Å². The quantitative estimate of drug-likeness (QED) is 0.699. The molecule has 7 nitrogen and oxygen atoms in total. The van der Waals surface area contributed by atoms with E-state index in [2.05, 4.69) is 14.6 Å². The lowest BCUT2D eigenvalue weighted by Gasteiger charge is -2.18. The Morgan fingerprint density at radius 3 is 2.75 bits per heavy atom. The first-order valence-electron chi connectivity index (χ1n) is 7.48. The molecule has 2 aromatic heterocycles. The number of thiazole rings is 1. The van der Waals surface area contributed by atoms with Gasteiger partial charge in [-0.15, -0.1) is 5.10 Å². The topological polar surface area (TPSA) is 78.6 Å². The summed E-state index contributed by atoms with van der Waals surface area (Å²) in [4.78, 5) is 17.8. The highest BCUT2D eigenvalue weighted by atomic mass is 32.1. The van der Waals surface area contributed by atoms with E-state index in [4.69, 9.17) is 9.47 Å². The molecule has 0 radical (unpaired) electrons. The van der Waals surface area contributed by atoms with Gasteiger partial charge in [0.15, 0.2) is 16.3 Å². The summed E-state index contributed by atoms with van der Waals surface area (Å²) in [7, 11) is 0. The number of nitrogens with zero attached hydrogens (tertiary/aromatic N) is 4. The number of carbonyl (C=O) groups excluding carboxylic acids is 1. The van der Waals surface area contributed by atoms with E-state index < -0.39 is 0 Å². The minimum Gasteiger partial charge on any atom is -0.486 e. The Hall–Kier alpha value is -2.26. The second-order valence-electron chi connectivity index (χ2n) is 5.20. The average Bonchev–Trinajstić information content (AvgIpc) is 3.15. The van der Waals surface area contributed by atoms with Crippen molar-refractivity contribution < 1.29 is 14.3 Å². The second kappa shape index (κ2) is 5.99. The number of ether oxygens (including phenoxy) is 2. The van der Waals surface area contributed by atoms with Gasteiger partial charge in [-0.25, -0.2) is 0 Å². The van der Waals surface area contributed by atoms with Gasteiger partial charge in [-0.3, -0.25) is 4.79 Å². The Balaban J connectivity index is 1.87. The molecule has 0 atom stereocenters. The molecule has 3 aromatic rings. The molecule has 124 valence electrons. The summed E-state index contributed by atoms with van der Waals surface area (Å²) < 4.78 is 18.1. The van der Waals surface area contributed by atoms with Gasteiger partial charge in [-0.05, 0) is 25.4 Å². The predicted octanol–water partition coefficient (Wildman–Crippen LogP) is 2.39. The number of carbonyl (C=O) groups is 1. The van der Waals surface area contributed by atoms with Crippen LogP contribution in [0.15, 0.2) is 17.1 Å². The van der Waals surface area contributed by atoms with Gasteiger partial charge in [0, 0.05) is 18.7 Å². The van der Waals surface area contributed by atoms with Crippen LogP contribution in [0.5, 0.6) is 11.5 Å². The summed E-state index contributed by atoms with van der Waals surface area (Å²) >= 11 is 2.53. The first-order chi connectivity index (χ1) is 11.7. The summed E-state index contributed by atoms with van der Waals surface area (Å²) in [6, 6.07) is 3.90. The molecular formula is C15H14N4O3S2. The maximum Gasteiger partial charge on any atom is 0.293 e. The molecule has 1 aromatic carbocycles. The van der Waals surface area contributed by atoms with Gasteiger partial charge < -0.3 is 14.0 Å². The van der Waals surface area contributed by atoms with Crippen LogP contribution in [0.1, 0.15) is 22.3 Å². The minimum atomic E-state index is -0.312. The van der Waals surface area contributed by atoms with E-state index in [1.54, 1.807) is 6.92 Å². The van der Waals surface area contributed by atoms with Crippen LogP contribution in [0.3, 0.4) is 0 Å². The SMILES string of the molecule is CCn1c(=NC(=O)c2snnc2C)sc2cc3c(cc21)OCCO3. The van der Waals surface area contributed by atoms with Crippen molar-refractivity contribution in [3.05, 3.63) is 27.5 Å². The number of hydrogen-bond acceptors (Lipinski definition) is 7. The summed E-state index contributed by atoms with van der Waals surface area (Å²) in [6.45, 7) is 5.57. The van der Waals surface area contributed by atoms with E-state index >= 15 is 0 Å². The number of aromatic nitrogens is 3. The highest BCUT2D eigenvalue weighted by molar-refractivity contribution is 7.16. The molecule has 0 bridgehead atoms. The molecule has 0 spiro atoms. The summed E-state index contributed by atoms with van der Waals surface area (Å²) in [6.07, 6.45) is 0. The molecule has 0 saturated heterocycles. The zero-order valence-corrected chi connectivity index (χ0v) is 14.7. The Morgan fingerprint density at radius 2 is 2.08 bits per heavy atom. The maximum absolute atomic E-state index is 12.4. The predicted molar refractivity (Wildman–Crippen MR) is 91.0 cm³/mol. The molecular weight excluding hydrogens is 348 g/mol. The van der Waals surface area contributed by atoms with Crippen LogP contribution in [0, 0.1) is 6.92 Å². The highest BCUT2D eigenvalue weighted by Gasteiger charge is 2.17. The number of aryl methyl sites for hydroxylation is 2. The Kier molecular flexibility index (Phi) is 3.81. The van der Waals surface area contributed by atoms with Gasteiger partial charge >= 0.3 is 0 Å². The van der Waals surface area contributed by atoms with E-state index in [1.807, 2.05) is 23.6 Å². The van der Waals surface area contributed by atoms with Crippen LogP contribution in [-0.4, -0.2) is 33.3 Å². The number of amides is 1. The zero-order chi connectivity index (χ0) is 16.7. The molecule has 9 heteroatoms. The molecule has 1 amide bonds. The van der Waals surface area contributed by atoms with Crippen molar-refractivity contribution in [1.29, 1.82) is 0 Å². The van der Waals surface area contributed by atoms with E-state index in [0.717, 1.165) is 33.2 Å². The van der Waals surface area contributed by atoms with Gasteiger partial charge in [0.25, 0.3) is 5.91 Å². The molecule has 0 fully saturated rings. The normalized spacial score (nSPS) is 14.3. The Labute approximate surface area is 145 Å². The van der Waals surface area contributed by atoms with Crippen LogP contribution in [0.25, 0.3) is 10.2 Å². The lowest BCUT2D eigenvalue weighted by atomic mass is 10.2. The van der Waals surface area contributed by atoms with Gasteiger partial charge in [0.05, 0.1) is 15.9 Å².